The Hall–Kier alpha value is -1.28. The lowest BCUT2D eigenvalue weighted by molar-refractivity contribution is 0.215. The Balaban J connectivity index is 1.41. The van der Waals surface area contributed by atoms with Gasteiger partial charge in [0, 0.05) is 13.1 Å². The number of rotatable bonds is 6. The Morgan fingerprint density at radius 3 is 1.73 bits per heavy atom. The number of hydrogen-bond donors (Lipinski definition) is 2. The van der Waals surface area contributed by atoms with Gasteiger partial charge in [-0.3, -0.25) is 0 Å². The molecule has 0 unspecified atom stereocenters. The van der Waals surface area contributed by atoms with Crippen LogP contribution < -0.4 is 11.1 Å². The van der Waals surface area contributed by atoms with E-state index < -0.39 is 0 Å². The molecule has 8 heteroatoms. The number of hydrogen-bond acceptors (Lipinski definition) is 8. The van der Waals surface area contributed by atoms with E-state index in [9.17, 15) is 0 Å². The van der Waals surface area contributed by atoms with Gasteiger partial charge in [0.05, 0.1) is 0 Å². The van der Waals surface area contributed by atoms with Crippen LogP contribution in [0.5, 0.6) is 0 Å². The zero-order valence-electron chi connectivity index (χ0n) is 8.63. The lowest BCUT2D eigenvalue weighted by Crippen LogP contribution is -2.32. The van der Waals surface area contributed by atoms with Crippen LogP contribution in [0.3, 0.4) is 0 Å². The first-order valence-electron chi connectivity index (χ1n) is 5.19. The molecule has 2 rings (SSSR count). The van der Waals surface area contributed by atoms with Crippen LogP contribution in [0.2, 0.25) is 0 Å². The molecule has 0 atom stereocenters. The van der Waals surface area contributed by atoms with Crippen LogP contribution in [-0.4, -0.2) is 36.4 Å². The molecule has 0 aromatic carbocycles. The first-order valence-corrected chi connectivity index (χ1v) is 5.19. The second-order valence-electron chi connectivity index (χ2n) is 3.55. The first kappa shape index (κ1) is 10.2. The number of nitrogens with one attached hydrogen (secondary N) is 2. The van der Waals surface area contributed by atoms with Gasteiger partial charge in [-0.05, 0) is 12.8 Å². The van der Waals surface area contributed by atoms with Crippen LogP contribution >= 0.6 is 0 Å². The van der Waals surface area contributed by atoms with Crippen molar-refractivity contribution < 1.29 is 0 Å². The molecule has 0 radical (unpaired) electrons. The Kier molecular flexibility index (Phi) is 3.80. The molecule has 84 valence electrons. The molecule has 0 aliphatic carbocycles. The van der Waals surface area contributed by atoms with E-state index in [2.05, 4.69) is 31.7 Å². The number of unbranched alkanes of at least 4 members (excludes halogenated alkanes) is 2. The normalized spacial score (nSPS) is 20.8. The smallest absolute Gasteiger partial charge is 0.133 e. The highest BCUT2D eigenvalue weighted by molar-refractivity contribution is 4.55. The van der Waals surface area contributed by atoms with Gasteiger partial charge in [-0.15, -0.1) is 0 Å². The van der Waals surface area contributed by atoms with Gasteiger partial charge in [0.25, 0.3) is 0 Å². The summed E-state index contributed by atoms with van der Waals surface area (Å²) in [6.45, 7) is 3.33. The summed E-state index contributed by atoms with van der Waals surface area (Å²) in [5.41, 5.74) is 5.66. The molecule has 0 amide bonds. The quantitative estimate of drug-likeness (QED) is 0.626. The maximum Gasteiger partial charge on any atom is 0.133 e. The highest BCUT2D eigenvalue weighted by Gasteiger charge is 2.08. The molecule has 0 saturated heterocycles. The van der Waals surface area contributed by atoms with Gasteiger partial charge in [0.1, 0.15) is 13.3 Å². The highest BCUT2D eigenvalue weighted by atomic mass is 15.8. The predicted octanol–water partition coefficient (Wildman–Crippen LogP) is 0.446. The summed E-state index contributed by atoms with van der Waals surface area (Å²) < 4.78 is 0. The summed E-state index contributed by atoms with van der Waals surface area (Å²) in [6, 6.07) is 0. The summed E-state index contributed by atoms with van der Waals surface area (Å²) >= 11 is 0. The average Bonchev–Trinajstić information content (AvgIpc) is 2.88. The van der Waals surface area contributed by atoms with Crippen LogP contribution in [0, 0.1) is 0 Å². The van der Waals surface area contributed by atoms with E-state index in [-0.39, 0.29) is 0 Å². The minimum Gasteiger partial charge on any atom is -0.220 e. The fourth-order valence-corrected chi connectivity index (χ4v) is 1.49. The standard InChI is InChI=1S/C7H16N8/c1(2-4-14-6-8-10-12-14)3-5-15-7-9-11-13-15/h1-7H2,(H,8,12)(H,9,13). The molecule has 0 aromatic rings. The van der Waals surface area contributed by atoms with E-state index in [0.29, 0.717) is 13.3 Å². The molecule has 0 bridgehead atoms. The van der Waals surface area contributed by atoms with Crippen LogP contribution in [-0.2, 0) is 0 Å². The van der Waals surface area contributed by atoms with Crippen molar-refractivity contribution in [3.63, 3.8) is 0 Å². The average molecular weight is 212 g/mol. The summed E-state index contributed by atoms with van der Waals surface area (Å²) in [4.78, 5) is 0. The second kappa shape index (κ2) is 5.56. The Bertz CT molecular complexity index is 199. The zero-order chi connectivity index (χ0) is 10.3. The topological polar surface area (TPSA) is 80.0 Å². The summed E-state index contributed by atoms with van der Waals surface area (Å²) in [7, 11) is 0. The van der Waals surface area contributed by atoms with Crippen LogP contribution in [0.4, 0.5) is 0 Å². The molecule has 0 aromatic heterocycles. The summed E-state index contributed by atoms with van der Waals surface area (Å²) in [5.74, 6) is 0. The molecule has 15 heavy (non-hydrogen) atoms. The minimum atomic E-state index is 0.672. The van der Waals surface area contributed by atoms with E-state index in [1.54, 1.807) is 0 Å². The maximum atomic E-state index is 3.82. The van der Waals surface area contributed by atoms with Gasteiger partial charge < -0.3 is 0 Å². The Morgan fingerprint density at radius 2 is 1.33 bits per heavy atom. The SMILES string of the molecule is C(CCN1CN=NN1)CCN1CN=NN1. The lowest BCUT2D eigenvalue weighted by atomic mass is 10.2. The van der Waals surface area contributed by atoms with Crippen molar-refractivity contribution in [2.45, 2.75) is 19.3 Å². The third-order valence-corrected chi connectivity index (χ3v) is 2.34. The number of hydrazine groups is 2. The largest absolute Gasteiger partial charge is 0.220 e. The first-order chi connectivity index (χ1) is 7.45. The molecular weight excluding hydrogens is 196 g/mol. The van der Waals surface area contributed by atoms with Crippen molar-refractivity contribution in [3.8, 4) is 0 Å². The molecule has 2 aliphatic rings. The van der Waals surface area contributed by atoms with E-state index in [1.807, 2.05) is 10.0 Å². The minimum absolute atomic E-state index is 0.672. The zero-order valence-corrected chi connectivity index (χ0v) is 8.63. The van der Waals surface area contributed by atoms with Crippen molar-refractivity contribution >= 4 is 0 Å². The molecule has 0 fully saturated rings. The van der Waals surface area contributed by atoms with E-state index >= 15 is 0 Å². The highest BCUT2D eigenvalue weighted by Crippen LogP contribution is 2.02. The van der Waals surface area contributed by atoms with Gasteiger partial charge in [0.15, 0.2) is 0 Å². The van der Waals surface area contributed by atoms with E-state index in [1.165, 1.54) is 6.42 Å². The third kappa shape index (κ3) is 3.40. The van der Waals surface area contributed by atoms with Crippen molar-refractivity contribution in [2.24, 2.45) is 20.7 Å². The molecule has 0 saturated carbocycles. The molecule has 0 spiro atoms. The van der Waals surface area contributed by atoms with E-state index in [4.69, 9.17) is 0 Å². The van der Waals surface area contributed by atoms with Gasteiger partial charge in [-0.1, -0.05) is 16.9 Å². The van der Waals surface area contributed by atoms with Crippen LogP contribution in [0.25, 0.3) is 0 Å². The lowest BCUT2D eigenvalue weighted by Gasteiger charge is -2.13. The molecule has 2 aliphatic heterocycles. The fraction of sp³-hybridized carbons (Fsp3) is 1.00. The van der Waals surface area contributed by atoms with Crippen molar-refractivity contribution in [3.05, 3.63) is 0 Å². The van der Waals surface area contributed by atoms with Crippen molar-refractivity contribution in [1.29, 1.82) is 0 Å². The molecular formula is C7H16N8. The molecule has 8 nitrogen and oxygen atoms in total. The molecule has 2 heterocycles. The van der Waals surface area contributed by atoms with Crippen molar-refractivity contribution in [1.82, 2.24) is 21.1 Å². The maximum absolute atomic E-state index is 3.82. The Labute approximate surface area is 88.3 Å². The van der Waals surface area contributed by atoms with E-state index in [0.717, 1.165) is 25.9 Å². The summed E-state index contributed by atoms with van der Waals surface area (Å²) in [6.07, 6.45) is 3.50. The monoisotopic (exact) mass is 212 g/mol. The second-order valence-corrected chi connectivity index (χ2v) is 3.55. The Morgan fingerprint density at radius 1 is 0.800 bits per heavy atom. The predicted molar refractivity (Wildman–Crippen MR) is 53.0 cm³/mol. The third-order valence-electron chi connectivity index (χ3n) is 2.34. The van der Waals surface area contributed by atoms with Gasteiger partial charge in [-0.25, -0.2) is 11.1 Å². The van der Waals surface area contributed by atoms with Crippen LogP contribution in [0.15, 0.2) is 20.7 Å². The van der Waals surface area contributed by atoms with Gasteiger partial charge in [0.2, 0.25) is 0 Å². The van der Waals surface area contributed by atoms with Crippen LogP contribution in [0.1, 0.15) is 19.3 Å². The van der Waals surface area contributed by atoms with Gasteiger partial charge in [-0.2, -0.15) is 20.2 Å². The number of nitrogens with zero attached hydrogens (tertiary/aromatic N) is 6. The van der Waals surface area contributed by atoms with Crippen molar-refractivity contribution in [2.75, 3.05) is 26.4 Å². The van der Waals surface area contributed by atoms with Gasteiger partial charge >= 0.3 is 0 Å². The fourth-order valence-electron chi connectivity index (χ4n) is 1.49. The summed E-state index contributed by atoms with van der Waals surface area (Å²) in [5, 5.41) is 19.0. The molecule has 2 N–H and O–H groups in total.